The van der Waals surface area contributed by atoms with Crippen LogP contribution in [0.15, 0.2) is 34.1 Å². The summed E-state index contributed by atoms with van der Waals surface area (Å²) in [5.74, 6) is -1.76. The summed E-state index contributed by atoms with van der Waals surface area (Å²) in [7, 11) is 0. The van der Waals surface area contributed by atoms with Crippen molar-refractivity contribution in [2.45, 2.75) is 16.5 Å². The average molecular weight is 285 g/mol. The molecule has 2 rings (SSSR count). The average Bonchev–Trinajstić information content (AvgIpc) is 2.84. The van der Waals surface area contributed by atoms with Crippen molar-refractivity contribution in [3.63, 3.8) is 0 Å². The lowest BCUT2D eigenvalue weighted by Gasteiger charge is -2.09. The molecule has 1 aromatic carbocycles. The second kappa shape index (κ2) is 5.58. The van der Waals surface area contributed by atoms with E-state index in [0.29, 0.717) is 0 Å². The standard InChI is InChI=1S/C12H9F2NOS2/c1-7(18-12-15-4-5-17-12)11(16)9-6-8(13)2-3-10(9)14/h2-7H,1H3/t7-/m0/s1. The Hall–Kier alpha value is -1.27. The van der Waals surface area contributed by atoms with Gasteiger partial charge in [0, 0.05) is 11.6 Å². The molecule has 0 unspecified atom stereocenters. The second-order valence-corrected chi connectivity index (χ2v) is 6.03. The van der Waals surface area contributed by atoms with Gasteiger partial charge in [0.1, 0.15) is 16.0 Å². The number of Topliss-reactive ketones (excluding diaryl/α,β-unsaturated/α-hetero) is 1. The van der Waals surface area contributed by atoms with Crippen LogP contribution in [0.3, 0.4) is 0 Å². The number of nitrogens with zero attached hydrogens (tertiary/aromatic N) is 1. The van der Waals surface area contributed by atoms with E-state index in [1.807, 2.05) is 0 Å². The molecule has 1 heterocycles. The highest BCUT2D eigenvalue weighted by molar-refractivity contribution is 8.02. The van der Waals surface area contributed by atoms with Crippen LogP contribution in [0.25, 0.3) is 0 Å². The van der Waals surface area contributed by atoms with E-state index in [0.717, 1.165) is 22.5 Å². The van der Waals surface area contributed by atoms with Gasteiger partial charge >= 0.3 is 0 Å². The van der Waals surface area contributed by atoms with Crippen molar-refractivity contribution in [3.8, 4) is 0 Å². The fraction of sp³-hybridized carbons (Fsp3) is 0.167. The molecule has 0 saturated carbocycles. The summed E-state index contributed by atoms with van der Waals surface area (Å²) in [6.45, 7) is 1.65. The predicted octanol–water partition coefficient (Wildman–Crippen LogP) is 3.78. The second-order valence-electron chi connectivity index (χ2n) is 3.55. The van der Waals surface area contributed by atoms with Gasteiger partial charge in [-0.1, -0.05) is 11.8 Å². The number of rotatable bonds is 4. The SMILES string of the molecule is C[C@H](Sc1nccs1)C(=O)c1cc(F)ccc1F. The molecule has 0 bridgehead atoms. The number of halogens is 2. The summed E-state index contributed by atoms with van der Waals surface area (Å²) in [4.78, 5) is 16.0. The Morgan fingerprint density at radius 2 is 2.22 bits per heavy atom. The Balaban J connectivity index is 2.17. The Kier molecular flexibility index (Phi) is 4.08. The zero-order valence-corrected chi connectivity index (χ0v) is 11.0. The highest BCUT2D eigenvalue weighted by Gasteiger charge is 2.21. The minimum atomic E-state index is -0.701. The zero-order chi connectivity index (χ0) is 13.1. The Labute approximate surface area is 111 Å². The van der Waals surface area contributed by atoms with Crippen LogP contribution in [0.2, 0.25) is 0 Å². The van der Waals surface area contributed by atoms with E-state index in [1.54, 1.807) is 18.5 Å². The van der Waals surface area contributed by atoms with E-state index in [1.165, 1.54) is 23.1 Å². The van der Waals surface area contributed by atoms with Gasteiger partial charge in [-0.15, -0.1) is 11.3 Å². The smallest absolute Gasteiger partial charge is 0.179 e. The van der Waals surface area contributed by atoms with Crippen LogP contribution in [-0.2, 0) is 0 Å². The molecule has 2 nitrogen and oxygen atoms in total. The summed E-state index contributed by atoms with van der Waals surface area (Å²) in [6.07, 6.45) is 1.63. The third kappa shape index (κ3) is 2.94. The van der Waals surface area contributed by atoms with E-state index in [-0.39, 0.29) is 5.56 Å². The normalized spacial score (nSPS) is 12.4. The number of thiazole rings is 1. The highest BCUT2D eigenvalue weighted by atomic mass is 32.2. The molecule has 1 aromatic heterocycles. The van der Waals surface area contributed by atoms with Crippen LogP contribution < -0.4 is 0 Å². The lowest BCUT2D eigenvalue weighted by atomic mass is 10.1. The number of benzene rings is 1. The topological polar surface area (TPSA) is 30.0 Å². The lowest BCUT2D eigenvalue weighted by Crippen LogP contribution is -2.15. The van der Waals surface area contributed by atoms with Crippen LogP contribution in [0.1, 0.15) is 17.3 Å². The van der Waals surface area contributed by atoms with Gasteiger partial charge in [-0.05, 0) is 25.1 Å². The molecule has 0 amide bonds. The van der Waals surface area contributed by atoms with Crippen LogP contribution in [0, 0.1) is 11.6 Å². The number of carbonyl (C=O) groups is 1. The van der Waals surface area contributed by atoms with Gasteiger partial charge in [0.15, 0.2) is 5.78 Å². The molecule has 0 fully saturated rings. The van der Waals surface area contributed by atoms with Crippen molar-refractivity contribution >= 4 is 28.9 Å². The summed E-state index contributed by atoms with van der Waals surface area (Å²) in [5.41, 5.74) is -0.216. The van der Waals surface area contributed by atoms with E-state index in [9.17, 15) is 13.6 Å². The van der Waals surface area contributed by atoms with Crippen molar-refractivity contribution in [3.05, 3.63) is 47.0 Å². The maximum atomic E-state index is 13.4. The fourth-order valence-corrected chi connectivity index (χ4v) is 3.22. The predicted molar refractivity (Wildman–Crippen MR) is 68.1 cm³/mol. The number of hydrogen-bond donors (Lipinski definition) is 0. The first-order valence-electron chi connectivity index (χ1n) is 5.13. The first kappa shape index (κ1) is 13.2. The van der Waals surface area contributed by atoms with Gasteiger partial charge in [-0.25, -0.2) is 13.8 Å². The maximum Gasteiger partial charge on any atom is 0.179 e. The van der Waals surface area contributed by atoms with Gasteiger partial charge in [0.2, 0.25) is 0 Å². The summed E-state index contributed by atoms with van der Waals surface area (Å²) in [5, 5.41) is 1.29. The molecule has 0 spiro atoms. The number of aromatic nitrogens is 1. The van der Waals surface area contributed by atoms with Gasteiger partial charge in [-0.2, -0.15) is 0 Å². The molecular weight excluding hydrogens is 276 g/mol. The molecule has 0 aliphatic rings. The van der Waals surface area contributed by atoms with Crippen molar-refractivity contribution in [1.29, 1.82) is 0 Å². The third-order valence-electron chi connectivity index (χ3n) is 2.25. The first-order chi connectivity index (χ1) is 8.58. The molecule has 2 aromatic rings. The van der Waals surface area contributed by atoms with E-state index >= 15 is 0 Å². The maximum absolute atomic E-state index is 13.4. The van der Waals surface area contributed by atoms with Gasteiger partial charge in [0.05, 0.1) is 10.8 Å². The minimum absolute atomic E-state index is 0.216. The first-order valence-corrected chi connectivity index (χ1v) is 6.89. The largest absolute Gasteiger partial charge is 0.293 e. The molecule has 6 heteroatoms. The Morgan fingerprint density at radius 1 is 1.44 bits per heavy atom. The molecule has 0 N–H and O–H groups in total. The van der Waals surface area contributed by atoms with Crippen molar-refractivity contribution in [2.75, 3.05) is 0 Å². The van der Waals surface area contributed by atoms with Gasteiger partial charge in [0.25, 0.3) is 0 Å². The molecule has 0 aliphatic heterocycles. The van der Waals surface area contributed by atoms with Crippen LogP contribution in [-0.4, -0.2) is 16.0 Å². The summed E-state index contributed by atoms with van der Waals surface area (Å²) in [6, 6.07) is 2.88. The quantitative estimate of drug-likeness (QED) is 0.632. The molecule has 0 aliphatic carbocycles. The monoisotopic (exact) mass is 285 g/mol. The van der Waals surface area contributed by atoms with Crippen LogP contribution in [0.5, 0.6) is 0 Å². The molecule has 18 heavy (non-hydrogen) atoms. The van der Waals surface area contributed by atoms with Gasteiger partial charge < -0.3 is 0 Å². The van der Waals surface area contributed by atoms with E-state index in [2.05, 4.69) is 4.98 Å². The number of hydrogen-bond acceptors (Lipinski definition) is 4. The highest BCUT2D eigenvalue weighted by Crippen LogP contribution is 2.27. The number of carbonyl (C=O) groups excluding carboxylic acids is 1. The Bertz CT molecular complexity index is 557. The molecular formula is C12H9F2NOS2. The van der Waals surface area contributed by atoms with Crippen molar-refractivity contribution in [2.24, 2.45) is 0 Å². The number of ketones is 1. The molecule has 0 radical (unpaired) electrons. The fourth-order valence-electron chi connectivity index (χ4n) is 1.38. The zero-order valence-electron chi connectivity index (χ0n) is 9.39. The lowest BCUT2D eigenvalue weighted by molar-refractivity contribution is 0.0989. The Morgan fingerprint density at radius 3 is 2.89 bits per heavy atom. The van der Waals surface area contributed by atoms with Crippen LogP contribution in [0.4, 0.5) is 8.78 Å². The number of thioether (sulfide) groups is 1. The van der Waals surface area contributed by atoms with E-state index in [4.69, 9.17) is 0 Å². The van der Waals surface area contributed by atoms with Crippen molar-refractivity contribution < 1.29 is 13.6 Å². The summed E-state index contributed by atoms with van der Waals surface area (Å²) < 4.78 is 27.2. The van der Waals surface area contributed by atoms with E-state index < -0.39 is 22.7 Å². The van der Waals surface area contributed by atoms with Crippen LogP contribution >= 0.6 is 23.1 Å². The molecule has 1 atom stereocenters. The summed E-state index contributed by atoms with van der Waals surface area (Å²) >= 11 is 2.64. The van der Waals surface area contributed by atoms with Gasteiger partial charge in [-0.3, -0.25) is 4.79 Å². The third-order valence-corrected chi connectivity index (χ3v) is 4.27. The molecule has 0 saturated heterocycles. The van der Waals surface area contributed by atoms with Crippen molar-refractivity contribution in [1.82, 2.24) is 4.98 Å². The molecule has 94 valence electrons. The minimum Gasteiger partial charge on any atom is -0.293 e.